The van der Waals surface area contributed by atoms with Gasteiger partial charge in [0.2, 0.25) is 0 Å². The van der Waals surface area contributed by atoms with E-state index < -0.39 is 5.97 Å². The molecule has 1 fully saturated rings. The summed E-state index contributed by atoms with van der Waals surface area (Å²) in [4.78, 5) is 11.3. The van der Waals surface area contributed by atoms with Crippen molar-refractivity contribution < 1.29 is 9.90 Å². The lowest BCUT2D eigenvalue weighted by atomic mass is 9.75. The predicted octanol–water partition coefficient (Wildman–Crippen LogP) is 3.87. The van der Waals surface area contributed by atoms with Crippen LogP contribution in [0.2, 0.25) is 0 Å². The van der Waals surface area contributed by atoms with Crippen LogP contribution in [0.1, 0.15) is 52.2 Å². The van der Waals surface area contributed by atoms with Gasteiger partial charge in [0.25, 0.3) is 0 Å². The molecule has 2 nitrogen and oxygen atoms in total. The van der Waals surface area contributed by atoms with Gasteiger partial charge in [0, 0.05) is 3.57 Å². The van der Waals surface area contributed by atoms with Crippen LogP contribution in [0.4, 0.5) is 0 Å². The Hall–Kier alpha value is -0.580. The Morgan fingerprint density at radius 1 is 1.38 bits per heavy atom. The average Bonchev–Trinajstić information content (AvgIpc) is 2.15. The Bertz CT molecular complexity index is 448. The number of carboxylic acid groups (broad SMARTS) is 1. The van der Waals surface area contributed by atoms with Crippen molar-refractivity contribution in [3.05, 3.63) is 31.9 Å². The summed E-state index contributed by atoms with van der Waals surface area (Å²) in [5.41, 5.74) is 4.00. The molecule has 1 aromatic rings. The highest BCUT2D eigenvalue weighted by Gasteiger charge is 2.27. The molecule has 0 aromatic heterocycles. The molecule has 2 rings (SSSR count). The van der Waals surface area contributed by atoms with Gasteiger partial charge in [0.15, 0.2) is 0 Å². The van der Waals surface area contributed by atoms with Crippen LogP contribution in [0, 0.1) is 17.4 Å². The van der Waals surface area contributed by atoms with Crippen LogP contribution < -0.4 is 0 Å². The SMILES string of the molecule is Cc1c(I)cc(C(=O)O)c(C2CCC2)c1C. The largest absolute Gasteiger partial charge is 0.478 e. The highest BCUT2D eigenvalue weighted by Crippen LogP contribution is 2.41. The molecule has 0 heterocycles. The van der Waals surface area contributed by atoms with Crippen molar-refractivity contribution in [3.63, 3.8) is 0 Å². The summed E-state index contributed by atoms with van der Waals surface area (Å²) in [6, 6.07) is 1.82. The van der Waals surface area contributed by atoms with Gasteiger partial charge >= 0.3 is 5.97 Å². The average molecular weight is 330 g/mol. The fourth-order valence-corrected chi connectivity index (χ4v) is 3.01. The molecule has 0 atom stereocenters. The summed E-state index contributed by atoms with van der Waals surface area (Å²) in [6.45, 7) is 4.13. The zero-order valence-electron chi connectivity index (χ0n) is 9.51. The van der Waals surface area contributed by atoms with E-state index >= 15 is 0 Å². The molecule has 1 aliphatic rings. The molecule has 1 aliphatic carbocycles. The van der Waals surface area contributed by atoms with E-state index in [1.54, 1.807) is 0 Å². The first-order valence-corrected chi connectivity index (χ1v) is 6.63. The molecule has 0 unspecified atom stereocenters. The summed E-state index contributed by atoms with van der Waals surface area (Å²) < 4.78 is 1.05. The Kier molecular flexibility index (Phi) is 3.24. The normalized spacial score (nSPS) is 15.9. The fourth-order valence-electron chi connectivity index (χ4n) is 2.30. The maximum atomic E-state index is 11.3. The van der Waals surface area contributed by atoms with E-state index in [9.17, 15) is 9.90 Å². The first-order chi connectivity index (χ1) is 7.52. The highest BCUT2D eigenvalue weighted by molar-refractivity contribution is 14.1. The zero-order valence-corrected chi connectivity index (χ0v) is 11.7. The van der Waals surface area contributed by atoms with E-state index in [1.165, 1.54) is 17.5 Å². The molecule has 0 spiro atoms. The molecule has 0 radical (unpaired) electrons. The van der Waals surface area contributed by atoms with Crippen LogP contribution in [0.25, 0.3) is 0 Å². The second-order valence-corrected chi connectivity index (χ2v) is 5.66. The Labute approximate surface area is 109 Å². The fraction of sp³-hybridized carbons (Fsp3) is 0.462. The van der Waals surface area contributed by atoms with Gasteiger partial charge in [-0.25, -0.2) is 4.79 Å². The van der Waals surface area contributed by atoms with Gasteiger partial charge in [-0.3, -0.25) is 0 Å². The predicted molar refractivity (Wildman–Crippen MR) is 72.2 cm³/mol. The topological polar surface area (TPSA) is 37.3 Å². The summed E-state index contributed by atoms with van der Waals surface area (Å²) in [5.74, 6) is -0.315. The number of rotatable bonds is 2. The van der Waals surface area contributed by atoms with Crippen LogP contribution >= 0.6 is 22.6 Å². The Balaban J connectivity index is 2.62. The number of hydrogen-bond donors (Lipinski definition) is 1. The molecule has 3 heteroatoms. The maximum Gasteiger partial charge on any atom is 0.336 e. The number of carbonyl (C=O) groups is 1. The molecule has 1 saturated carbocycles. The van der Waals surface area contributed by atoms with Crippen LogP contribution in [-0.2, 0) is 0 Å². The molecule has 1 aromatic carbocycles. The third-order valence-corrected chi connectivity index (χ3v) is 4.75. The third kappa shape index (κ3) is 1.85. The van der Waals surface area contributed by atoms with Crippen molar-refractivity contribution >= 4 is 28.6 Å². The molecular weight excluding hydrogens is 315 g/mol. The smallest absolute Gasteiger partial charge is 0.336 e. The molecule has 0 saturated heterocycles. The molecule has 86 valence electrons. The number of carboxylic acids is 1. The number of halogens is 1. The molecular formula is C13H15IO2. The third-order valence-electron chi connectivity index (χ3n) is 3.63. The van der Waals surface area contributed by atoms with Crippen molar-refractivity contribution in [1.82, 2.24) is 0 Å². The van der Waals surface area contributed by atoms with E-state index in [0.717, 1.165) is 22.0 Å². The van der Waals surface area contributed by atoms with E-state index in [-0.39, 0.29) is 0 Å². The highest BCUT2D eigenvalue weighted by atomic mass is 127. The lowest BCUT2D eigenvalue weighted by Gasteiger charge is -2.29. The lowest BCUT2D eigenvalue weighted by Crippen LogP contribution is -2.16. The van der Waals surface area contributed by atoms with E-state index in [2.05, 4.69) is 36.4 Å². The van der Waals surface area contributed by atoms with Crippen LogP contribution in [0.3, 0.4) is 0 Å². The molecule has 0 aliphatic heterocycles. The lowest BCUT2D eigenvalue weighted by molar-refractivity contribution is 0.0694. The van der Waals surface area contributed by atoms with Crippen LogP contribution in [0.15, 0.2) is 6.07 Å². The molecule has 0 amide bonds. The Morgan fingerprint density at radius 3 is 2.44 bits per heavy atom. The van der Waals surface area contributed by atoms with Crippen LogP contribution in [0.5, 0.6) is 0 Å². The van der Waals surface area contributed by atoms with Crippen LogP contribution in [-0.4, -0.2) is 11.1 Å². The van der Waals surface area contributed by atoms with E-state index in [0.29, 0.717) is 11.5 Å². The van der Waals surface area contributed by atoms with Crippen molar-refractivity contribution in [2.24, 2.45) is 0 Å². The first-order valence-electron chi connectivity index (χ1n) is 5.55. The summed E-state index contributed by atoms with van der Waals surface area (Å²) in [6.07, 6.45) is 3.51. The second-order valence-electron chi connectivity index (χ2n) is 4.50. The van der Waals surface area contributed by atoms with E-state index in [4.69, 9.17) is 0 Å². The minimum absolute atomic E-state index is 0.474. The standard InChI is InChI=1S/C13H15IO2/c1-7-8(2)12(9-4-3-5-9)10(13(15)16)6-11(7)14/h6,9H,3-5H2,1-2H3,(H,15,16). The zero-order chi connectivity index (χ0) is 11.9. The summed E-state index contributed by atoms with van der Waals surface area (Å²) in [7, 11) is 0. The minimum Gasteiger partial charge on any atom is -0.478 e. The van der Waals surface area contributed by atoms with Gasteiger partial charge in [0.05, 0.1) is 5.56 Å². The van der Waals surface area contributed by atoms with Gasteiger partial charge in [-0.1, -0.05) is 6.42 Å². The van der Waals surface area contributed by atoms with Gasteiger partial charge < -0.3 is 5.11 Å². The monoisotopic (exact) mass is 330 g/mol. The number of aromatic carboxylic acids is 1. The quantitative estimate of drug-likeness (QED) is 0.836. The van der Waals surface area contributed by atoms with Gasteiger partial charge in [-0.2, -0.15) is 0 Å². The first kappa shape index (κ1) is 11.9. The summed E-state index contributed by atoms with van der Waals surface area (Å²) in [5, 5.41) is 9.27. The van der Waals surface area contributed by atoms with Crippen molar-refractivity contribution in [2.75, 3.05) is 0 Å². The van der Waals surface area contributed by atoms with Crippen molar-refractivity contribution in [1.29, 1.82) is 0 Å². The number of hydrogen-bond acceptors (Lipinski definition) is 1. The Morgan fingerprint density at radius 2 is 2.00 bits per heavy atom. The van der Waals surface area contributed by atoms with Gasteiger partial charge in [0.1, 0.15) is 0 Å². The summed E-state index contributed by atoms with van der Waals surface area (Å²) >= 11 is 2.22. The number of benzene rings is 1. The molecule has 16 heavy (non-hydrogen) atoms. The van der Waals surface area contributed by atoms with Gasteiger partial charge in [-0.05, 0) is 78.0 Å². The minimum atomic E-state index is -0.789. The van der Waals surface area contributed by atoms with Crippen molar-refractivity contribution in [3.8, 4) is 0 Å². The van der Waals surface area contributed by atoms with Crippen molar-refractivity contribution in [2.45, 2.75) is 39.0 Å². The molecule has 0 bridgehead atoms. The second kappa shape index (κ2) is 4.35. The molecule has 1 N–H and O–H groups in total. The van der Waals surface area contributed by atoms with E-state index in [1.807, 2.05) is 6.07 Å². The maximum absolute atomic E-state index is 11.3. The van der Waals surface area contributed by atoms with Gasteiger partial charge in [-0.15, -0.1) is 0 Å².